The third-order valence-electron chi connectivity index (χ3n) is 5.50. The Labute approximate surface area is 194 Å². The van der Waals surface area contributed by atoms with Crippen LogP contribution in [0.3, 0.4) is 0 Å². The number of carbonyl (C=O) groups is 1. The molecule has 1 atom stereocenters. The maximum absolute atomic E-state index is 12.9. The highest BCUT2D eigenvalue weighted by Crippen LogP contribution is 2.50. The SMILES string of the molecule is CNc1ccc2c(cc1=O)[C@@H](NC(=O)OC(C)(C)C)CCc1cc(OC)c(OC)c(OC)c1-2. The van der Waals surface area contributed by atoms with E-state index in [2.05, 4.69) is 10.6 Å². The summed E-state index contributed by atoms with van der Waals surface area (Å²) in [7, 11) is 6.39. The molecule has 2 aromatic carbocycles. The highest BCUT2D eigenvalue weighted by Gasteiger charge is 2.30. The van der Waals surface area contributed by atoms with Crippen LogP contribution in [0.5, 0.6) is 17.2 Å². The first-order chi connectivity index (χ1) is 15.6. The number of alkyl carbamates (subject to hydrolysis) is 1. The van der Waals surface area contributed by atoms with Gasteiger partial charge in [0.15, 0.2) is 11.5 Å². The van der Waals surface area contributed by atoms with Crippen molar-refractivity contribution in [2.45, 2.75) is 45.3 Å². The molecule has 1 aliphatic rings. The molecule has 0 unspecified atom stereocenters. The fraction of sp³-hybridized carbons (Fsp3) is 0.440. The lowest BCUT2D eigenvalue weighted by molar-refractivity contribution is 0.0501. The molecule has 33 heavy (non-hydrogen) atoms. The molecular formula is C25H32N2O6. The third kappa shape index (κ3) is 4.99. The van der Waals surface area contributed by atoms with Crippen molar-refractivity contribution in [1.82, 2.24) is 5.32 Å². The van der Waals surface area contributed by atoms with Gasteiger partial charge in [0.25, 0.3) is 0 Å². The van der Waals surface area contributed by atoms with Gasteiger partial charge in [-0.05, 0) is 68.5 Å². The lowest BCUT2D eigenvalue weighted by Crippen LogP contribution is -2.35. The zero-order valence-corrected chi connectivity index (χ0v) is 20.3. The Morgan fingerprint density at radius 3 is 2.30 bits per heavy atom. The molecule has 0 saturated heterocycles. The van der Waals surface area contributed by atoms with E-state index >= 15 is 0 Å². The Balaban J connectivity index is 2.28. The second-order valence-electron chi connectivity index (χ2n) is 8.79. The van der Waals surface area contributed by atoms with Crippen molar-refractivity contribution in [2.75, 3.05) is 33.7 Å². The molecule has 1 aliphatic carbocycles. The van der Waals surface area contributed by atoms with Crippen LogP contribution in [-0.2, 0) is 11.2 Å². The number of aryl methyl sites for hydroxylation is 1. The minimum Gasteiger partial charge on any atom is -0.493 e. The quantitative estimate of drug-likeness (QED) is 0.693. The number of nitrogens with one attached hydrogen (secondary N) is 2. The molecule has 2 N–H and O–H groups in total. The van der Waals surface area contributed by atoms with Crippen LogP contribution in [0.4, 0.5) is 10.5 Å². The van der Waals surface area contributed by atoms with Gasteiger partial charge in [0.05, 0.1) is 33.1 Å². The maximum Gasteiger partial charge on any atom is 0.408 e. The fourth-order valence-corrected chi connectivity index (χ4v) is 4.12. The molecule has 3 rings (SSSR count). The van der Waals surface area contributed by atoms with Gasteiger partial charge in [-0.3, -0.25) is 4.79 Å². The molecule has 0 saturated carbocycles. The van der Waals surface area contributed by atoms with Crippen LogP contribution in [0.25, 0.3) is 11.1 Å². The van der Waals surface area contributed by atoms with Crippen LogP contribution in [-0.4, -0.2) is 40.1 Å². The molecule has 0 aromatic heterocycles. The predicted octanol–water partition coefficient (Wildman–Crippen LogP) is 4.29. The average molecular weight is 457 g/mol. The first-order valence-electron chi connectivity index (χ1n) is 10.8. The number of methoxy groups -OCH3 is 3. The largest absolute Gasteiger partial charge is 0.493 e. The number of amides is 1. The van der Waals surface area contributed by atoms with Gasteiger partial charge in [-0.25, -0.2) is 4.79 Å². The average Bonchev–Trinajstić information content (AvgIpc) is 2.99. The Kier molecular flexibility index (Phi) is 7.05. The van der Waals surface area contributed by atoms with Crippen molar-refractivity contribution in [3.8, 4) is 28.4 Å². The highest BCUT2D eigenvalue weighted by molar-refractivity contribution is 5.83. The number of carbonyl (C=O) groups excluding carboxylic acids is 1. The van der Waals surface area contributed by atoms with Crippen molar-refractivity contribution in [1.29, 1.82) is 0 Å². The molecule has 8 heteroatoms. The van der Waals surface area contributed by atoms with Gasteiger partial charge in [0, 0.05) is 12.6 Å². The Hall–Kier alpha value is -3.42. The smallest absolute Gasteiger partial charge is 0.408 e. The summed E-state index contributed by atoms with van der Waals surface area (Å²) >= 11 is 0. The standard InChI is InChI=1S/C25H32N2O6/c1-25(2,3)33-24(29)27-17-10-8-14-12-20(30-5)22(31-6)23(32-7)21(14)15-9-11-18(26-4)19(28)13-16(15)17/h9,11-13,17H,8,10H2,1-7H3,(H,26,28)(H,27,29)/t17-/m0/s1. The second kappa shape index (κ2) is 9.60. The molecule has 1 amide bonds. The molecule has 0 heterocycles. The first kappa shape index (κ1) is 24.2. The number of ether oxygens (including phenoxy) is 4. The lowest BCUT2D eigenvalue weighted by Gasteiger charge is -2.23. The van der Waals surface area contributed by atoms with Crippen molar-refractivity contribution >= 4 is 11.8 Å². The van der Waals surface area contributed by atoms with Crippen molar-refractivity contribution in [3.05, 3.63) is 45.6 Å². The Morgan fingerprint density at radius 2 is 1.73 bits per heavy atom. The van der Waals surface area contributed by atoms with E-state index < -0.39 is 17.7 Å². The van der Waals surface area contributed by atoms with Crippen molar-refractivity contribution in [3.63, 3.8) is 0 Å². The number of benzene rings is 1. The van der Waals surface area contributed by atoms with Crippen LogP contribution in [0.1, 0.15) is 44.4 Å². The van der Waals surface area contributed by atoms with Crippen LogP contribution >= 0.6 is 0 Å². The molecule has 0 spiro atoms. The van der Waals surface area contributed by atoms with Crippen LogP contribution in [0.15, 0.2) is 29.1 Å². The molecular weight excluding hydrogens is 424 g/mol. The van der Waals surface area contributed by atoms with Crippen molar-refractivity contribution < 1.29 is 23.7 Å². The monoisotopic (exact) mass is 456 g/mol. The zero-order valence-electron chi connectivity index (χ0n) is 20.3. The van der Waals surface area contributed by atoms with E-state index in [0.717, 1.165) is 16.7 Å². The lowest BCUT2D eigenvalue weighted by atomic mass is 9.95. The minimum absolute atomic E-state index is 0.183. The van der Waals surface area contributed by atoms with Gasteiger partial charge in [0.2, 0.25) is 11.2 Å². The number of anilines is 1. The second-order valence-corrected chi connectivity index (χ2v) is 8.79. The summed E-state index contributed by atoms with van der Waals surface area (Å²) in [6.45, 7) is 5.42. The van der Waals surface area contributed by atoms with Gasteiger partial charge in [-0.1, -0.05) is 6.07 Å². The predicted molar refractivity (Wildman–Crippen MR) is 128 cm³/mol. The normalized spacial score (nSPS) is 14.8. The highest BCUT2D eigenvalue weighted by atomic mass is 16.6. The number of fused-ring (bicyclic) bond motifs is 3. The van der Waals surface area contributed by atoms with Gasteiger partial charge in [-0.15, -0.1) is 0 Å². The molecule has 0 radical (unpaired) electrons. The summed E-state index contributed by atoms with van der Waals surface area (Å²) in [5.74, 6) is 1.52. The van der Waals surface area contributed by atoms with Crippen molar-refractivity contribution in [2.24, 2.45) is 0 Å². The third-order valence-corrected chi connectivity index (χ3v) is 5.50. The summed E-state index contributed by atoms with van der Waals surface area (Å²) in [4.78, 5) is 25.5. The van der Waals surface area contributed by atoms with Crippen LogP contribution in [0, 0.1) is 0 Å². The fourth-order valence-electron chi connectivity index (χ4n) is 4.12. The van der Waals surface area contributed by atoms with E-state index in [9.17, 15) is 9.59 Å². The van der Waals surface area contributed by atoms with Gasteiger partial charge < -0.3 is 29.6 Å². The Morgan fingerprint density at radius 1 is 1.03 bits per heavy atom. The van der Waals surface area contributed by atoms with E-state index in [4.69, 9.17) is 18.9 Å². The summed E-state index contributed by atoms with van der Waals surface area (Å²) in [5.41, 5.74) is 2.82. The first-order valence-corrected chi connectivity index (χ1v) is 10.8. The van der Waals surface area contributed by atoms with E-state index in [1.54, 1.807) is 40.5 Å². The van der Waals surface area contributed by atoms with Gasteiger partial charge in [0.1, 0.15) is 5.60 Å². The van der Waals surface area contributed by atoms with E-state index in [-0.39, 0.29) is 5.43 Å². The summed E-state index contributed by atoms with van der Waals surface area (Å²) < 4.78 is 22.4. The molecule has 0 fully saturated rings. The maximum atomic E-state index is 12.9. The van der Waals surface area contributed by atoms with E-state index in [1.165, 1.54) is 0 Å². The van der Waals surface area contributed by atoms with Gasteiger partial charge in [-0.2, -0.15) is 0 Å². The Bertz CT molecular complexity index is 1110. The summed E-state index contributed by atoms with van der Waals surface area (Å²) in [6.07, 6.45) is 0.619. The molecule has 2 aromatic rings. The number of hydrogen-bond acceptors (Lipinski definition) is 7. The summed E-state index contributed by atoms with van der Waals surface area (Å²) in [6, 6.07) is 6.63. The van der Waals surface area contributed by atoms with Gasteiger partial charge >= 0.3 is 6.09 Å². The molecule has 8 nitrogen and oxygen atoms in total. The number of rotatable bonds is 5. The zero-order chi connectivity index (χ0) is 24.3. The molecule has 0 aliphatic heterocycles. The molecule has 178 valence electrons. The van der Waals surface area contributed by atoms with E-state index in [1.807, 2.05) is 32.9 Å². The molecule has 0 bridgehead atoms. The minimum atomic E-state index is -0.644. The van der Waals surface area contributed by atoms with Crippen LogP contribution in [0.2, 0.25) is 0 Å². The topological polar surface area (TPSA) is 95.1 Å². The summed E-state index contributed by atoms with van der Waals surface area (Å²) in [5, 5.41) is 5.89. The van der Waals surface area contributed by atoms with E-state index in [0.29, 0.717) is 41.3 Å². The number of hydrogen-bond donors (Lipinski definition) is 2. The van der Waals surface area contributed by atoms with Crippen LogP contribution < -0.4 is 30.3 Å².